The molecule has 0 aromatic heterocycles. The van der Waals surface area contributed by atoms with E-state index in [2.05, 4.69) is 4.90 Å². The van der Waals surface area contributed by atoms with Crippen molar-refractivity contribution in [3.05, 3.63) is 33.8 Å². The Kier molecular flexibility index (Phi) is 6.75. The largest absolute Gasteiger partial charge is 0.375 e. The number of rotatable bonds is 4. The molecule has 4 rings (SSSR count). The van der Waals surface area contributed by atoms with Gasteiger partial charge < -0.3 is 9.64 Å². The monoisotopic (exact) mass is 438 g/mol. The molecule has 1 aliphatic carbocycles. The van der Waals surface area contributed by atoms with Crippen LogP contribution in [0.15, 0.2) is 18.2 Å². The van der Waals surface area contributed by atoms with Crippen LogP contribution in [0, 0.1) is 0 Å². The fourth-order valence-corrected chi connectivity index (χ4v) is 5.84. The van der Waals surface area contributed by atoms with Gasteiger partial charge in [-0.25, -0.2) is 0 Å². The van der Waals surface area contributed by atoms with Gasteiger partial charge in [-0.1, -0.05) is 29.3 Å². The van der Waals surface area contributed by atoms with Crippen molar-refractivity contribution in [3.63, 3.8) is 0 Å². The molecule has 0 radical (unpaired) electrons. The molecule has 29 heavy (non-hydrogen) atoms. The lowest BCUT2D eigenvalue weighted by Gasteiger charge is -2.51. The van der Waals surface area contributed by atoms with Crippen molar-refractivity contribution in [2.45, 2.75) is 75.5 Å². The zero-order chi connectivity index (χ0) is 20.4. The van der Waals surface area contributed by atoms with E-state index < -0.39 is 0 Å². The van der Waals surface area contributed by atoms with Gasteiger partial charge in [-0.05, 0) is 82.2 Å². The number of hydrogen-bond acceptors (Lipinski definition) is 3. The third-order valence-corrected chi connectivity index (χ3v) is 7.93. The average molecular weight is 439 g/mol. The molecule has 0 bridgehead atoms. The van der Waals surface area contributed by atoms with Crippen LogP contribution in [0.4, 0.5) is 0 Å². The van der Waals surface area contributed by atoms with E-state index in [1.54, 1.807) is 12.1 Å². The van der Waals surface area contributed by atoms with E-state index in [9.17, 15) is 4.79 Å². The van der Waals surface area contributed by atoms with E-state index in [-0.39, 0.29) is 17.6 Å². The SMILES string of the molecule is CN(C(=O)Cc1ccc(Cl)c(Cl)c1)C1CCC2(CCCCO2)CC1N1CCCC1. The second-order valence-corrected chi connectivity index (χ2v) is 9.85. The number of likely N-dealkylation sites (tertiary alicyclic amines) is 1. The molecule has 1 spiro atoms. The summed E-state index contributed by atoms with van der Waals surface area (Å²) < 4.78 is 6.35. The highest BCUT2D eigenvalue weighted by atomic mass is 35.5. The predicted molar refractivity (Wildman–Crippen MR) is 118 cm³/mol. The molecule has 3 unspecified atom stereocenters. The number of halogens is 2. The number of benzene rings is 1. The maximum atomic E-state index is 13.1. The number of carbonyl (C=O) groups is 1. The molecule has 1 saturated carbocycles. The standard InChI is InChI=1S/C23H32Cl2N2O2/c1-26(22(28)15-17-6-7-18(24)19(25)14-17)20-8-10-23(9-2-5-13-29-23)16-21(20)27-11-3-4-12-27/h6-7,14,20-21H,2-5,8-13,15-16H2,1H3. The molecule has 1 aromatic carbocycles. The second-order valence-electron chi connectivity index (χ2n) is 9.04. The maximum absolute atomic E-state index is 13.1. The first-order chi connectivity index (χ1) is 14.0. The Hall–Kier alpha value is -0.810. The van der Waals surface area contributed by atoms with Crippen molar-refractivity contribution in [1.82, 2.24) is 9.80 Å². The van der Waals surface area contributed by atoms with Crippen LogP contribution in [-0.2, 0) is 16.0 Å². The van der Waals surface area contributed by atoms with E-state index >= 15 is 0 Å². The summed E-state index contributed by atoms with van der Waals surface area (Å²) in [5.41, 5.74) is 0.951. The summed E-state index contributed by atoms with van der Waals surface area (Å²) in [5, 5.41) is 1.03. The zero-order valence-electron chi connectivity index (χ0n) is 17.3. The summed E-state index contributed by atoms with van der Waals surface area (Å²) in [6, 6.07) is 6.11. The van der Waals surface area contributed by atoms with E-state index in [1.165, 1.54) is 32.1 Å². The van der Waals surface area contributed by atoms with Gasteiger partial charge in [0.2, 0.25) is 5.91 Å². The molecule has 3 aliphatic rings. The second kappa shape index (κ2) is 9.13. The number of amides is 1. The third-order valence-electron chi connectivity index (χ3n) is 7.20. The van der Waals surface area contributed by atoms with Gasteiger partial charge in [0.05, 0.1) is 22.1 Å². The van der Waals surface area contributed by atoms with Crippen LogP contribution in [0.1, 0.15) is 56.9 Å². The maximum Gasteiger partial charge on any atom is 0.227 e. The third kappa shape index (κ3) is 4.76. The summed E-state index contributed by atoms with van der Waals surface area (Å²) in [7, 11) is 1.98. The van der Waals surface area contributed by atoms with Gasteiger partial charge >= 0.3 is 0 Å². The van der Waals surface area contributed by atoms with E-state index in [1.807, 2.05) is 18.0 Å². The van der Waals surface area contributed by atoms with Gasteiger partial charge in [0.25, 0.3) is 0 Å². The molecule has 3 atom stereocenters. The van der Waals surface area contributed by atoms with E-state index in [0.717, 1.165) is 44.5 Å². The molecule has 2 aliphatic heterocycles. The Morgan fingerprint density at radius 2 is 1.97 bits per heavy atom. The number of nitrogens with zero attached hydrogens (tertiary/aromatic N) is 2. The van der Waals surface area contributed by atoms with E-state index in [4.69, 9.17) is 27.9 Å². The minimum atomic E-state index is 0.0373. The van der Waals surface area contributed by atoms with Crippen molar-refractivity contribution in [2.24, 2.45) is 0 Å². The van der Waals surface area contributed by atoms with Gasteiger partial charge in [0.1, 0.15) is 0 Å². The smallest absolute Gasteiger partial charge is 0.227 e. The van der Waals surface area contributed by atoms with Gasteiger partial charge in [0.15, 0.2) is 0 Å². The van der Waals surface area contributed by atoms with E-state index in [0.29, 0.717) is 22.5 Å². The van der Waals surface area contributed by atoms with Crippen LogP contribution in [0.5, 0.6) is 0 Å². The Morgan fingerprint density at radius 3 is 2.66 bits per heavy atom. The summed E-state index contributed by atoms with van der Waals surface area (Å²) in [6.07, 6.45) is 9.64. The van der Waals surface area contributed by atoms with Crippen molar-refractivity contribution in [3.8, 4) is 0 Å². The van der Waals surface area contributed by atoms with Crippen LogP contribution in [-0.4, -0.2) is 60.1 Å². The minimum absolute atomic E-state index is 0.0373. The molecule has 2 saturated heterocycles. The Balaban J connectivity index is 1.48. The van der Waals surface area contributed by atoms with Gasteiger partial charge in [0, 0.05) is 25.7 Å². The minimum Gasteiger partial charge on any atom is -0.375 e. The first-order valence-electron chi connectivity index (χ1n) is 11.1. The number of likely N-dealkylation sites (N-methyl/N-ethyl adjacent to an activating group) is 1. The highest BCUT2D eigenvalue weighted by Gasteiger charge is 2.46. The van der Waals surface area contributed by atoms with Crippen molar-refractivity contribution in [1.29, 1.82) is 0 Å². The normalized spacial score (nSPS) is 30.6. The van der Waals surface area contributed by atoms with Crippen LogP contribution < -0.4 is 0 Å². The molecule has 1 amide bonds. The topological polar surface area (TPSA) is 32.8 Å². The lowest BCUT2D eigenvalue weighted by atomic mass is 9.74. The van der Waals surface area contributed by atoms with Crippen LogP contribution in [0.2, 0.25) is 10.0 Å². The summed E-state index contributed by atoms with van der Waals surface area (Å²) >= 11 is 12.2. The zero-order valence-corrected chi connectivity index (χ0v) is 18.9. The molecular weight excluding hydrogens is 407 g/mol. The van der Waals surface area contributed by atoms with Crippen molar-refractivity contribution < 1.29 is 9.53 Å². The van der Waals surface area contributed by atoms with Crippen molar-refractivity contribution in [2.75, 3.05) is 26.7 Å². The number of ether oxygens (including phenoxy) is 1. The Labute approximate surface area is 184 Å². The molecule has 6 heteroatoms. The van der Waals surface area contributed by atoms with Gasteiger partial charge in [-0.3, -0.25) is 9.69 Å². The molecule has 3 fully saturated rings. The molecular formula is C23H32Cl2N2O2. The lowest BCUT2D eigenvalue weighted by Crippen LogP contribution is -2.59. The molecule has 4 nitrogen and oxygen atoms in total. The first-order valence-corrected chi connectivity index (χ1v) is 11.8. The molecule has 0 N–H and O–H groups in total. The summed E-state index contributed by atoms with van der Waals surface area (Å²) in [6.45, 7) is 3.18. The Morgan fingerprint density at radius 1 is 1.17 bits per heavy atom. The molecule has 2 heterocycles. The van der Waals surface area contributed by atoms with Crippen molar-refractivity contribution >= 4 is 29.1 Å². The Bertz CT molecular complexity index is 730. The summed E-state index contributed by atoms with van der Waals surface area (Å²) in [5.74, 6) is 0.151. The lowest BCUT2D eigenvalue weighted by molar-refractivity contribution is -0.145. The van der Waals surface area contributed by atoms with Gasteiger partial charge in [-0.2, -0.15) is 0 Å². The van der Waals surface area contributed by atoms with Crippen LogP contribution in [0.25, 0.3) is 0 Å². The number of hydrogen-bond donors (Lipinski definition) is 0. The fourth-order valence-electron chi connectivity index (χ4n) is 5.52. The number of carbonyl (C=O) groups excluding carboxylic acids is 1. The highest BCUT2D eigenvalue weighted by molar-refractivity contribution is 6.42. The first kappa shape index (κ1) is 21.4. The quantitative estimate of drug-likeness (QED) is 0.666. The van der Waals surface area contributed by atoms with Crippen LogP contribution in [0.3, 0.4) is 0 Å². The van der Waals surface area contributed by atoms with Gasteiger partial charge in [-0.15, -0.1) is 0 Å². The van der Waals surface area contributed by atoms with Crippen LogP contribution >= 0.6 is 23.2 Å². The average Bonchev–Trinajstić information content (AvgIpc) is 3.26. The predicted octanol–water partition coefficient (Wildman–Crippen LogP) is 4.95. The highest BCUT2D eigenvalue weighted by Crippen LogP contribution is 2.42. The summed E-state index contributed by atoms with van der Waals surface area (Å²) in [4.78, 5) is 17.8. The fraction of sp³-hybridized carbons (Fsp3) is 0.696. The molecule has 160 valence electrons. The molecule has 1 aromatic rings.